The van der Waals surface area contributed by atoms with Crippen molar-refractivity contribution < 1.29 is 14.6 Å². The van der Waals surface area contributed by atoms with Crippen LogP contribution in [0, 0.1) is 0 Å². The van der Waals surface area contributed by atoms with E-state index in [1.807, 2.05) is 24.1 Å². The van der Waals surface area contributed by atoms with Crippen LogP contribution in [0.4, 0.5) is 5.95 Å². The maximum absolute atomic E-state index is 11.1. The maximum Gasteiger partial charge on any atom is 0.225 e. The molecule has 1 aromatic carbocycles. The number of hydrogen-bond acceptors (Lipinski definition) is 8. The average Bonchev–Trinajstić information content (AvgIpc) is 3.13. The summed E-state index contributed by atoms with van der Waals surface area (Å²) in [5.41, 5.74) is 0.331. The zero-order chi connectivity index (χ0) is 22.3. The number of aromatic nitrogens is 2. The van der Waals surface area contributed by atoms with Crippen LogP contribution in [0.2, 0.25) is 0 Å². The number of methoxy groups -OCH3 is 1. The van der Waals surface area contributed by atoms with Gasteiger partial charge < -0.3 is 24.4 Å². The number of likely N-dealkylation sites (N-methyl/N-ethyl adjacent to an activating group) is 1. The molecule has 0 unspecified atom stereocenters. The molecular weight excluding hydrogens is 394 g/mol. The second kappa shape index (κ2) is 10.7. The number of anilines is 1. The average molecular weight is 430 g/mol. The Balaban J connectivity index is 1.53. The van der Waals surface area contributed by atoms with Crippen LogP contribution in [-0.4, -0.2) is 91.5 Å². The lowest BCUT2D eigenvalue weighted by Crippen LogP contribution is -2.43. The molecule has 0 amide bonds. The molecule has 0 radical (unpaired) electrons. The minimum absolute atomic E-state index is 0.532. The molecule has 0 saturated carbocycles. The van der Waals surface area contributed by atoms with Crippen molar-refractivity contribution in [3.8, 4) is 11.5 Å². The summed E-state index contributed by atoms with van der Waals surface area (Å²) >= 11 is 0. The Kier molecular flexibility index (Phi) is 8.06. The lowest BCUT2D eigenvalue weighted by molar-refractivity contribution is 0.0279. The van der Waals surface area contributed by atoms with Gasteiger partial charge in [-0.25, -0.2) is 9.97 Å². The number of nitrogens with zero attached hydrogens (tertiary/aromatic N) is 5. The van der Waals surface area contributed by atoms with E-state index in [1.165, 1.54) is 0 Å². The molecule has 8 heteroatoms. The standard InChI is InChI=1S/C23H35N5O3/c1-26(2)12-6-14-31-20-8-7-19(15-21(20)30-4)16-27(3)17-23(29)9-13-28(18-23)22-24-10-5-11-25-22/h5,7-8,10-11,15,29H,6,9,12-14,16-18H2,1-4H3/t23-/m0/s1. The number of rotatable bonds is 11. The highest BCUT2D eigenvalue weighted by Crippen LogP contribution is 2.29. The summed E-state index contributed by atoms with van der Waals surface area (Å²) in [6.07, 6.45) is 5.12. The van der Waals surface area contributed by atoms with Gasteiger partial charge in [-0.3, -0.25) is 4.90 Å². The fourth-order valence-electron chi connectivity index (χ4n) is 3.97. The first-order valence-corrected chi connectivity index (χ1v) is 10.8. The summed E-state index contributed by atoms with van der Waals surface area (Å²) < 4.78 is 11.4. The minimum atomic E-state index is -0.784. The molecule has 31 heavy (non-hydrogen) atoms. The van der Waals surface area contributed by atoms with Crippen molar-refractivity contribution in [3.05, 3.63) is 42.2 Å². The van der Waals surface area contributed by atoms with E-state index >= 15 is 0 Å². The normalized spacial score (nSPS) is 18.7. The lowest BCUT2D eigenvalue weighted by Gasteiger charge is -2.29. The predicted molar refractivity (Wildman–Crippen MR) is 122 cm³/mol. The van der Waals surface area contributed by atoms with Crippen LogP contribution in [0.15, 0.2) is 36.7 Å². The van der Waals surface area contributed by atoms with E-state index in [1.54, 1.807) is 25.6 Å². The third-order valence-electron chi connectivity index (χ3n) is 5.42. The van der Waals surface area contributed by atoms with E-state index in [0.29, 0.717) is 38.6 Å². The third kappa shape index (κ3) is 6.78. The van der Waals surface area contributed by atoms with Gasteiger partial charge >= 0.3 is 0 Å². The van der Waals surface area contributed by atoms with Crippen molar-refractivity contribution in [2.75, 3.05) is 65.9 Å². The zero-order valence-corrected chi connectivity index (χ0v) is 19.1. The first-order valence-electron chi connectivity index (χ1n) is 10.8. The van der Waals surface area contributed by atoms with Crippen LogP contribution < -0.4 is 14.4 Å². The number of hydrogen-bond donors (Lipinski definition) is 1. The van der Waals surface area contributed by atoms with E-state index in [4.69, 9.17) is 9.47 Å². The van der Waals surface area contributed by atoms with Gasteiger partial charge in [-0.05, 0) is 57.7 Å². The minimum Gasteiger partial charge on any atom is -0.493 e. The van der Waals surface area contributed by atoms with Crippen molar-refractivity contribution in [2.45, 2.75) is 25.0 Å². The molecule has 0 bridgehead atoms. The Morgan fingerprint density at radius 1 is 1.16 bits per heavy atom. The van der Waals surface area contributed by atoms with Gasteiger partial charge in [0.1, 0.15) is 0 Å². The number of aliphatic hydroxyl groups is 1. The van der Waals surface area contributed by atoms with Crippen molar-refractivity contribution in [2.24, 2.45) is 0 Å². The maximum atomic E-state index is 11.1. The molecule has 2 aromatic rings. The van der Waals surface area contributed by atoms with Crippen LogP contribution in [-0.2, 0) is 6.54 Å². The lowest BCUT2D eigenvalue weighted by atomic mass is 10.0. The van der Waals surface area contributed by atoms with Gasteiger partial charge in [0.05, 0.1) is 25.9 Å². The van der Waals surface area contributed by atoms with E-state index in [9.17, 15) is 5.11 Å². The Bertz CT molecular complexity index is 820. The molecule has 2 heterocycles. The van der Waals surface area contributed by atoms with E-state index in [2.05, 4.69) is 39.9 Å². The molecular formula is C23H35N5O3. The summed E-state index contributed by atoms with van der Waals surface area (Å²) in [6.45, 7) is 4.21. The first kappa shape index (κ1) is 23.2. The van der Waals surface area contributed by atoms with Gasteiger partial charge in [-0.15, -0.1) is 0 Å². The fourth-order valence-corrected chi connectivity index (χ4v) is 3.97. The summed E-state index contributed by atoms with van der Waals surface area (Å²) in [5.74, 6) is 2.18. The van der Waals surface area contributed by atoms with E-state index in [0.717, 1.165) is 36.6 Å². The summed E-state index contributed by atoms with van der Waals surface area (Å²) in [6, 6.07) is 7.84. The summed E-state index contributed by atoms with van der Waals surface area (Å²) in [4.78, 5) is 14.9. The summed E-state index contributed by atoms with van der Waals surface area (Å²) in [5, 5.41) is 11.1. The third-order valence-corrected chi connectivity index (χ3v) is 5.42. The van der Waals surface area contributed by atoms with Gasteiger partial charge in [-0.2, -0.15) is 0 Å². The molecule has 8 nitrogen and oxygen atoms in total. The largest absolute Gasteiger partial charge is 0.493 e. The Morgan fingerprint density at radius 2 is 1.94 bits per heavy atom. The molecule has 1 saturated heterocycles. The molecule has 1 aliphatic rings. The van der Waals surface area contributed by atoms with Crippen molar-refractivity contribution in [1.29, 1.82) is 0 Å². The van der Waals surface area contributed by atoms with Crippen LogP contribution in [0.5, 0.6) is 11.5 Å². The SMILES string of the molecule is COc1cc(CN(C)C[C@@]2(O)CCN(c3ncccn3)C2)ccc1OCCCN(C)C. The molecule has 1 fully saturated rings. The van der Waals surface area contributed by atoms with E-state index < -0.39 is 5.60 Å². The molecule has 0 aliphatic carbocycles. The molecule has 170 valence electrons. The first-order chi connectivity index (χ1) is 14.9. The molecule has 3 rings (SSSR count). The van der Waals surface area contributed by atoms with Gasteiger partial charge in [0.2, 0.25) is 5.95 Å². The molecule has 1 N–H and O–H groups in total. The summed E-state index contributed by atoms with van der Waals surface area (Å²) in [7, 11) is 7.80. The molecule has 0 spiro atoms. The number of β-amino-alcohol motifs (C(OH)–C–C–N with tert-alkyl or cyclic N) is 1. The van der Waals surface area contributed by atoms with Crippen molar-refractivity contribution >= 4 is 5.95 Å². The number of ether oxygens (including phenoxy) is 2. The topological polar surface area (TPSA) is 74.2 Å². The second-order valence-corrected chi connectivity index (χ2v) is 8.61. The molecule has 1 aliphatic heterocycles. The van der Waals surface area contributed by atoms with E-state index in [-0.39, 0.29) is 0 Å². The van der Waals surface area contributed by atoms with Gasteiger partial charge in [0.15, 0.2) is 11.5 Å². The van der Waals surface area contributed by atoms with Crippen LogP contribution in [0.1, 0.15) is 18.4 Å². The van der Waals surface area contributed by atoms with Gasteiger partial charge in [0, 0.05) is 38.6 Å². The van der Waals surface area contributed by atoms with Crippen LogP contribution in [0.25, 0.3) is 0 Å². The fraction of sp³-hybridized carbons (Fsp3) is 0.565. The quantitative estimate of drug-likeness (QED) is 0.543. The van der Waals surface area contributed by atoms with Crippen molar-refractivity contribution in [1.82, 2.24) is 19.8 Å². The Labute approximate surface area is 185 Å². The molecule has 1 atom stereocenters. The van der Waals surface area contributed by atoms with Crippen LogP contribution in [0.3, 0.4) is 0 Å². The van der Waals surface area contributed by atoms with Gasteiger partial charge in [0.25, 0.3) is 0 Å². The Hall–Kier alpha value is -2.42. The smallest absolute Gasteiger partial charge is 0.225 e. The van der Waals surface area contributed by atoms with Crippen LogP contribution >= 0.6 is 0 Å². The zero-order valence-electron chi connectivity index (χ0n) is 19.1. The Morgan fingerprint density at radius 3 is 2.65 bits per heavy atom. The van der Waals surface area contributed by atoms with Crippen molar-refractivity contribution in [3.63, 3.8) is 0 Å². The highest BCUT2D eigenvalue weighted by atomic mass is 16.5. The highest BCUT2D eigenvalue weighted by Gasteiger charge is 2.38. The predicted octanol–water partition coefficient (Wildman–Crippen LogP) is 1.89. The second-order valence-electron chi connectivity index (χ2n) is 8.61. The van der Waals surface area contributed by atoms with Gasteiger partial charge in [-0.1, -0.05) is 6.07 Å². The number of benzene rings is 1. The monoisotopic (exact) mass is 429 g/mol. The molecule has 1 aromatic heterocycles. The highest BCUT2D eigenvalue weighted by molar-refractivity contribution is 5.43.